The number of primary amides is 1. The first-order valence-electron chi connectivity index (χ1n) is 16.5. The van der Waals surface area contributed by atoms with Crippen molar-refractivity contribution in [2.75, 3.05) is 20.7 Å². The Labute approximate surface area is 346 Å². The molecule has 1 aromatic heterocycles. The number of amides is 1. The largest absolute Gasteiger partial charge is 3.00 e. The van der Waals surface area contributed by atoms with Crippen LogP contribution in [-0.4, -0.2) is 155 Å². The van der Waals surface area contributed by atoms with Gasteiger partial charge in [-0.15, -0.1) is 0 Å². The minimum atomic E-state index is -2.97. The number of likely N-dealkylation sites (N-methyl/N-ethyl adjacent to an activating group) is 1. The molecule has 3 aliphatic carbocycles. The zero-order valence-corrected chi connectivity index (χ0v) is 34.5. The van der Waals surface area contributed by atoms with Crippen LogP contribution in [0.25, 0.3) is 5.76 Å². The summed E-state index contributed by atoms with van der Waals surface area (Å²) in [6, 6.07) is 3.02. The molecule has 3 aliphatic rings. The summed E-state index contributed by atoms with van der Waals surface area (Å²) in [5.41, 5.74) is -3.52. The number of hydrogen-bond donors (Lipinski definition) is 8. The maximum Gasteiger partial charge on any atom is 3.00 e. The Balaban J connectivity index is 0.000000368. The summed E-state index contributed by atoms with van der Waals surface area (Å²) in [5.74, 6) is -13.4. The van der Waals surface area contributed by atoms with Crippen LogP contribution in [0.5, 0.6) is 5.75 Å². The number of Topliss-reactive ketones (excluding diaryl/α,β-unsaturated/α-hetero) is 2. The van der Waals surface area contributed by atoms with E-state index in [0.717, 1.165) is 0 Å². The molecule has 5 atom stereocenters. The molecule has 5 rings (SSSR count). The molecule has 0 spiro atoms. The van der Waals surface area contributed by atoms with Gasteiger partial charge in [-0.2, -0.15) is 0 Å². The van der Waals surface area contributed by atoms with Gasteiger partial charge < -0.3 is 81.3 Å². The summed E-state index contributed by atoms with van der Waals surface area (Å²) < 4.78 is 1.36. The van der Waals surface area contributed by atoms with Gasteiger partial charge in [0.1, 0.15) is 41.2 Å². The molecule has 1 saturated carbocycles. The number of nitrogens with zero attached hydrogens (tertiary/aromatic N) is 4. The SMILES string of the molecule is CN(C)[C@@H]1C(=O)C(C(N)=O)=C(O)[C@@]2(O)C(=O)C3=C(O)c4c(O)cccc4[C@@](C)(O)[C@H]3C[C@@H]12.Cc1ncc([N+](=O)[O-])n1CCO.O=C([O-])CC(O)(CC(=O)[O-])C(=O)[O-].[Bi+3]. The number of aromatic nitrogens is 2. The summed E-state index contributed by atoms with van der Waals surface area (Å²) in [5, 5.41) is 113. The van der Waals surface area contributed by atoms with Crippen molar-refractivity contribution in [3.63, 3.8) is 0 Å². The number of imidazole rings is 1. The predicted octanol–water partition coefficient (Wildman–Crippen LogP) is -5.91. The van der Waals surface area contributed by atoms with Gasteiger partial charge in [0.25, 0.3) is 5.91 Å². The van der Waals surface area contributed by atoms with Crippen LogP contribution < -0.4 is 21.1 Å². The Bertz CT molecular complexity index is 2080. The van der Waals surface area contributed by atoms with E-state index in [-0.39, 0.29) is 62.7 Å². The second-order valence-electron chi connectivity index (χ2n) is 13.7. The van der Waals surface area contributed by atoms with Crippen molar-refractivity contribution >= 4 is 73.2 Å². The van der Waals surface area contributed by atoms with Crippen molar-refractivity contribution in [3.05, 3.63) is 68.4 Å². The summed E-state index contributed by atoms with van der Waals surface area (Å²) in [7, 11) is 3.01. The number of carboxylic acids is 3. The van der Waals surface area contributed by atoms with Crippen LogP contribution in [-0.2, 0) is 40.9 Å². The number of aliphatic hydroxyl groups is 6. The molecule has 58 heavy (non-hydrogen) atoms. The van der Waals surface area contributed by atoms with E-state index in [1.807, 2.05) is 0 Å². The number of fused-ring (bicyclic) bond motifs is 3. The topological polar surface area (TPSA) is 403 Å². The smallest absolute Gasteiger partial charge is 0.550 e. The van der Waals surface area contributed by atoms with Crippen LogP contribution in [0.4, 0.5) is 5.82 Å². The molecule has 0 unspecified atom stereocenters. The number of phenols is 1. The third-order valence-corrected chi connectivity index (χ3v) is 9.82. The number of nitro groups is 1. The fraction of sp³-hybridized carbons (Fsp3) is 0.441. The van der Waals surface area contributed by atoms with Crippen LogP contribution in [0, 0.1) is 28.9 Å². The van der Waals surface area contributed by atoms with E-state index < -0.39 is 116 Å². The summed E-state index contributed by atoms with van der Waals surface area (Å²) >= 11 is 0. The molecule has 0 saturated heterocycles. The molecular formula is C34H38BiN5O18. The van der Waals surface area contributed by atoms with Crippen molar-refractivity contribution in [2.45, 2.75) is 62.5 Å². The molecule has 0 bridgehead atoms. The normalized spacial score (nSPS) is 23.5. The number of phenolic OH excluding ortho intramolecular Hbond substituents is 1. The zero-order chi connectivity index (χ0) is 43.7. The van der Waals surface area contributed by atoms with Crippen LogP contribution in [0.2, 0.25) is 0 Å². The molecule has 1 aromatic carbocycles. The molecule has 312 valence electrons. The number of aliphatic hydroxyl groups excluding tert-OH is 3. The average Bonchev–Trinajstić information content (AvgIpc) is 3.44. The molecule has 0 aliphatic heterocycles. The van der Waals surface area contributed by atoms with E-state index in [4.69, 9.17) is 15.9 Å². The van der Waals surface area contributed by atoms with E-state index in [1.54, 1.807) is 6.92 Å². The Morgan fingerprint density at radius 2 is 1.62 bits per heavy atom. The Morgan fingerprint density at radius 1 is 1.07 bits per heavy atom. The number of hydrogen-bond acceptors (Lipinski definition) is 20. The predicted molar refractivity (Wildman–Crippen MR) is 186 cm³/mol. The first kappa shape index (κ1) is 48.8. The van der Waals surface area contributed by atoms with Crippen LogP contribution >= 0.6 is 0 Å². The zero-order valence-electron chi connectivity index (χ0n) is 31.0. The Kier molecular flexibility index (Phi) is 15.2. The molecule has 9 N–H and O–H groups in total. The van der Waals surface area contributed by atoms with Gasteiger partial charge in [-0.1, -0.05) is 12.1 Å². The molecule has 23 nitrogen and oxygen atoms in total. The number of carboxylic acid groups (broad SMARTS) is 3. The number of aryl methyl sites for hydroxylation is 1. The Hall–Kier alpha value is -5.39. The number of carbonyl (C=O) groups is 6. The molecular weight excluding hydrogens is 975 g/mol. The maximum absolute atomic E-state index is 13.7. The van der Waals surface area contributed by atoms with E-state index in [9.17, 15) is 79.7 Å². The number of carbonyl (C=O) groups excluding carboxylic acids is 6. The first-order chi connectivity index (χ1) is 26.2. The van der Waals surface area contributed by atoms with Crippen LogP contribution in [0.15, 0.2) is 41.3 Å². The number of rotatable bonds is 10. The molecule has 1 fully saturated rings. The number of nitrogens with two attached hydrogens (primary N) is 1. The van der Waals surface area contributed by atoms with Gasteiger partial charge in [0, 0.05) is 49.1 Å². The molecule has 24 heteroatoms. The molecule has 1 heterocycles. The maximum atomic E-state index is 13.7. The average molecular weight is 1010 g/mol. The minimum Gasteiger partial charge on any atom is -0.550 e. The fourth-order valence-corrected chi connectivity index (χ4v) is 7.16. The fourth-order valence-electron chi connectivity index (χ4n) is 7.16. The van der Waals surface area contributed by atoms with Crippen molar-refractivity contribution < 1.29 is 84.8 Å². The second kappa shape index (κ2) is 18.0. The second-order valence-corrected chi connectivity index (χ2v) is 13.7. The monoisotopic (exact) mass is 1010 g/mol. The van der Waals surface area contributed by atoms with E-state index in [1.165, 1.54) is 54.9 Å². The minimum absolute atomic E-state index is 0. The first-order valence-corrected chi connectivity index (χ1v) is 16.5. The van der Waals surface area contributed by atoms with Crippen LogP contribution in [0.3, 0.4) is 0 Å². The molecule has 2 radical (unpaired) electrons. The summed E-state index contributed by atoms with van der Waals surface area (Å²) in [6.07, 6.45) is -1.73. The van der Waals surface area contributed by atoms with Gasteiger partial charge in [0.15, 0.2) is 17.2 Å². The van der Waals surface area contributed by atoms with Gasteiger partial charge in [-0.3, -0.25) is 19.3 Å². The van der Waals surface area contributed by atoms with Gasteiger partial charge in [-0.25, -0.2) is 9.55 Å². The van der Waals surface area contributed by atoms with E-state index in [0.29, 0.717) is 5.82 Å². The van der Waals surface area contributed by atoms with E-state index >= 15 is 0 Å². The Morgan fingerprint density at radius 3 is 2.07 bits per heavy atom. The van der Waals surface area contributed by atoms with Gasteiger partial charge in [0.05, 0.1) is 29.8 Å². The van der Waals surface area contributed by atoms with Crippen molar-refractivity contribution in [1.82, 2.24) is 14.5 Å². The van der Waals surface area contributed by atoms with Crippen LogP contribution in [0.1, 0.15) is 43.1 Å². The van der Waals surface area contributed by atoms with Gasteiger partial charge in [0.2, 0.25) is 5.78 Å². The quantitative estimate of drug-likeness (QED) is 0.0475. The summed E-state index contributed by atoms with van der Waals surface area (Å²) in [6.45, 7) is 3.14. The molecule has 1 amide bonds. The van der Waals surface area contributed by atoms with Crippen molar-refractivity contribution in [2.24, 2.45) is 17.6 Å². The van der Waals surface area contributed by atoms with Gasteiger partial charge >= 0.3 is 32.0 Å². The summed E-state index contributed by atoms with van der Waals surface area (Å²) in [4.78, 5) is 83.6. The van der Waals surface area contributed by atoms with Crippen molar-refractivity contribution in [1.29, 1.82) is 0 Å². The third kappa shape index (κ3) is 8.86. The number of aromatic hydroxyl groups is 1. The number of benzene rings is 1. The van der Waals surface area contributed by atoms with E-state index in [2.05, 4.69) is 4.98 Å². The third-order valence-electron chi connectivity index (χ3n) is 9.82. The van der Waals surface area contributed by atoms with Crippen molar-refractivity contribution in [3.8, 4) is 5.75 Å². The standard InChI is InChI=1S/C22H24N2O8.C6H9N3O3.C6H8O7.Bi/c1-21(31)8-5-4-6-11(25)12(8)16(26)13-9(21)7-10-15(24(2)3)17(27)14(20(23)30)19(29)22(10,32)18(13)28;1-5-7-4-6(9(11)12)8(5)2-3-10;7-3(8)1-6(13,5(11)12)2-4(9)10;/h4-6,9-10,15,25-26,29,31-32H,7H2,1-3H3,(H2,23,30);4,10H,2-3H2,1H3;13H,1-2H2,(H,7,8)(H,9,10)(H,11,12);/q;;;+3/p-3/t9-,10-,15-,21+,22-;;;/m0.../s1. The number of aliphatic carboxylic acids is 3. The number of ketones is 2. The molecule has 2 aromatic rings. The van der Waals surface area contributed by atoms with Gasteiger partial charge in [-0.05, 0) is 44.0 Å².